The Hall–Kier alpha value is -3.76. The molecule has 0 unspecified atom stereocenters. The summed E-state index contributed by atoms with van der Waals surface area (Å²) in [6.45, 7) is 1.79. The Balaban J connectivity index is 1.55. The number of benzene rings is 3. The van der Waals surface area contributed by atoms with Gasteiger partial charge in [0.2, 0.25) is 0 Å². The minimum absolute atomic E-state index is 0.119. The lowest BCUT2D eigenvalue weighted by atomic mass is 10.1. The number of nitrogens with one attached hydrogen (secondary N) is 1. The molecule has 0 radical (unpaired) electrons. The summed E-state index contributed by atoms with van der Waals surface area (Å²) < 4.78 is 43.6. The Morgan fingerprint density at radius 2 is 1.83 bits per heavy atom. The highest BCUT2D eigenvalue weighted by Crippen LogP contribution is 2.40. The van der Waals surface area contributed by atoms with Crippen molar-refractivity contribution < 1.29 is 32.2 Å². The summed E-state index contributed by atoms with van der Waals surface area (Å²) in [5.41, 5.74) is 1.71. The van der Waals surface area contributed by atoms with Crippen LogP contribution in [0.2, 0.25) is 5.02 Å². The second kappa shape index (κ2) is 10.5. The summed E-state index contributed by atoms with van der Waals surface area (Å²) in [6.07, 6.45) is 0.134. The molecule has 1 aliphatic heterocycles. The fourth-order valence-electron chi connectivity index (χ4n) is 3.63. The molecule has 1 aliphatic rings. The molecule has 0 saturated heterocycles. The van der Waals surface area contributed by atoms with Gasteiger partial charge in [-0.1, -0.05) is 23.7 Å². The summed E-state index contributed by atoms with van der Waals surface area (Å²) in [5, 5.41) is 3.00. The van der Waals surface area contributed by atoms with Crippen molar-refractivity contribution in [3.63, 3.8) is 0 Å². The van der Waals surface area contributed by atoms with Crippen molar-refractivity contribution in [3.8, 4) is 11.5 Å². The van der Waals surface area contributed by atoms with E-state index < -0.39 is 15.9 Å². The Labute approximate surface area is 213 Å². The Morgan fingerprint density at radius 1 is 1.08 bits per heavy atom. The summed E-state index contributed by atoms with van der Waals surface area (Å²) in [5.74, 6) is -0.322. The molecule has 4 rings (SSSR count). The highest BCUT2D eigenvalue weighted by atomic mass is 35.5. The molecule has 0 atom stereocenters. The molecule has 1 amide bonds. The molecule has 3 aromatic rings. The van der Waals surface area contributed by atoms with Crippen LogP contribution < -0.4 is 19.1 Å². The van der Waals surface area contributed by atoms with Gasteiger partial charge >= 0.3 is 5.97 Å². The maximum atomic E-state index is 13.4. The van der Waals surface area contributed by atoms with Crippen molar-refractivity contribution in [2.75, 3.05) is 30.1 Å². The van der Waals surface area contributed by atoms with Gasteiger partial charge in [-0.05, 0) is 61.0 Å². The molecule has 0 aliphatic carbocycles. The van der Waals surface area contributed by atoms with Gasteiger partial charge in [-0.15, -0.1) is 0 Å². The lowest BCUT2D eigenvalue weighted by molar-refractivity contribution is -0.142. The maximum absolute atomic E-state index is 13.4. The molecular weight excluding hydrogens is 508 g/mol. The van der Waals surface area contributed by atoms with E-state index in [1.165, 1.54) is 37.4 Å². The van der Waals surface area contributed by atoms with Crippen LogP contribution in [0.4, 0.5) is 11.4 Å². The van der Waals surface area contributed by atoms with E-state index in [0.717, 1.165) is 9.87 Å². The van der Waals surface area contributed by atoms with Crippen molar-refractivity contribution in [3.05, 3.63) is 76.8 Å². The average molecular weight is 531 g/mol. The topological polar surface area (TPSA) is 111 Å². The van der Waals surface area contributed by atoms with E-state index in [2.05, 4.69) is 5.32 Å². The first kappa shape index (κ1) is 25.3. The van der Waals surface area contributed by atoms with Crippen molar-refractivity contribution in [2.24, 2.45) is 0 Å². The van der Waals surface area contributed by atoms with Gasteiger partial charge in [-0.2, -0.15) is 0 Å². The van der Waals surface area contributed by atoms with Crippen molar-refractivity contribution in [2.45, 2.75) is 18.2 Å². The van der Waals surface area contributed by atoms with Crippen LogP contribution >= 0.6 is 11.6 Å². The number of carbonyl (C=O) groups is 2. The van der Waals surface area contributed by atoms with Crippen LogP contribution in [0.25, 0.3) is 0 Å². The first-order chi connectivity index (χ1) is 17.2. The predicted molar refractivity (Wildman–Crippen MR) is 134 cm³/mol. The lowest BCUT2D eigenvalue weighted by Crippen LogP contribution is -2.30. The van der Waals surface area contributed by atoms with Crippen molar-refractivity contribution in [1.82, 2.24) is 0 Å². The monoisotopic (exact) mass is 530 g/mol. The molecule has 0 bridgehead atoms. The van der Waals surface area contributed by atoms with Crippen LogP contribution in [0, 0.1) is 0 Å². The van der Waals surface area contributed by atoms with Crippen LogP contribution in [0.15, 0.2) is 65.6 Å². The lowest BCUT2D eigenvalue weighted by Gasteiger charge is -2.19. The molecule has 0 saturated carbocycles. The molecule has 11 heteroatoms. The van der Waals surface area contributed by atoms with Gasteiger partial charge in [0.15, 0.2) is 6.73 Å². The Kier molecular flexibility index (Phi) is 7.37. The molecule has 3 aromatic carbocycles. The molecule has 1 heterocycles. The van der Waals surface area contributed by atoms with Gasteiger partial charge in [0, 0.05) is 16.3 Å². The van der Waals surface area contributed by atoms with E-state index in [1.807, 2.05) is 0 Å². The third-order valence-electron chi connectivity index (χ3n) is 5.39. The van der Waals surface area contributed by atoms with Crippen molar-refractivity contribution in [1.29, 1.82) is 0 Å². The first-order valence-electron chi connectivity index (χ1n) is 10.9. The second-order valence-corrected chi connectivity index (χ2v) is 10.0. The summed E-state index contributed by atoms with van der Waals surface area (Å²) in [6, 6.07) is 15.6. The Morgan fingerprint density at radius 3 is 2.53 bits per heavy atom. The molecule has 0 aromatic heterocycles. The minimum Gasteiger partial charge on any atom is -0.495 e. The van der Waals surface area contributed by atoms with E-state index in [9.17, 15) is 18.0 Å². The maximum Gasteiger partial charge on any atom is 0.310 e. The number of methoxy groups -OCH3 is 1. The van der Waals surface area contributed by atoms with Gasteiger partial charge in [0.25, 0.3) is 15.9 Å². The highest BCUT2D eigenvalue weighted by Gasteiger charge is 2.35. The largest absolute Gasteiger partial charge is 0.495 e. The SMILES string of the molecule is CCOC(=O)Cc1ccc(NC(=O)c2ccc3c(c2)N(S(=O)(=O)c2cc(Cl)ccc2OC)CO3)cc1. The van der Waals surface area contributed by atoms with Crippen LogP contribution in [-0.4, -0.2) is 40.7 Å². The summed E-state index contributed by atoms with van der Waals surface area (Å²) >= 11 is 6.03. The molecule has 0 spiro atoms. The van der Waals surface area contributed by atoms with E-state index in [1.54, 1.807) is 37.3 Å². The number of ether oxygens (including phenoxy) is 3. The van der Waals surface area contributed by atoms with Crippen molar-refractivity contribution >= 4 is 44.9 Å². The summed E-state index contributed by atoms with van der Waals surface area (Å²) in [7, 11) is -2.74. The normalized spacial score (nSPS) is 12.5. The summed E-state index contributed by atoms with van der Waals surface area (Å²) in [4.78, 5) is 24.4. The first-order valence-corrected chi connectivity index (χ1v) is 12.7. The number of sulfonamides is 1. The quantitative estimate of drug-likeness (QED) is 0.433. The van der Waals surface area contributed by atoms with Gasteiger partial charge in [0.1, 0.15) is 16.4 Å². The molecular formula is C25H23ClN2O7S. The van der Waals surface area contributed by atoms with E-state index in [4.69, 9.17) is 25.8 Å². The van der Waals surface area contributed by atoms with Crippen LogP contribution in [0.5, 0.6) is 11.5 Å². The van der Waals surface area contributed by atoms with Crippen LogP contribution in [0.3, 0.4) is 0 Å². The van der Waals surface area contributed by atoms with Gasteiger partial charge in [-0.25, -0.2) is 12.7 Å². The second-order valence-electron chi connectivity index (χ2n) is 7.74. The Bertz CT molecular complexity index is 1410. The zero-order valence-electron chi connectivity index (χ0n) is 19.5. The molecule has 0 fully saturated rings. The minimum atomic E-state index is -4.11. The number of hydrogen-bond donors (Lipinski definition) is 1. The number of nitrogens with zero attached hydrogens (tertiary/aromatic N) is 1. The van der Waals surface area contributed by atoms with E-state index in [-0.39, 0.29) is 46.0 Å². The number of carbonyl (C=O) groups excluding carboxylic acids is 2. The number of hydrogen-bond acceptors (Lipinski definition) is 7. The highest BCUT2D eigenvalue weighted by molar-refractivity contribution is 7.93. The van der Waals surface area contributed by atoms with Gasteiger partial charge in [0.05, 0.1) is 25.8 Å². The third-order valence-corrected chi connectivity index (χ3v) is 7.38. The predicted octanol–water partition coefficient (Wildman–Crippen LogP) is 4.25. The van der Waals surface area contributed by atoms with E-state index in [0.29, 0.717) is 18.0 Å². The molecule has 188 valence electrons. The molecule has 1 N–H and O–H groups in total. The number of esters is 1. The van der Waals surface area contributed by atoms with E-state index >= 15 is 0 Å². The average Bonchev–Trinajstić information content (AvgIpc) is 3.29. The fraction of sp³-hybridized carbons (Fsp3) is 0.200. The number of fused-ring (bicyclic) bond motifs is 1. The fourth-order valence-corrected chi connectivity index (χ4v) is 5.38. The zero-order valence-corrected chi connectivity index (χ0v) is 21.1. The van der Waals surface area contributed by atoms with Gasteiger partial charge < -0.3 is 19.5 Å². The van der Waals surface area contributed by atoms with Crippen LogP contribution in [0.1, 0.15) is 22.8 Å². The third kappa shape index (κ3) is 5.24. The smallest absolute Gasteiger partial charge is 0.310 e. The molecule has 36 heavy (non-hydrogen) atoms. The number of anilines is 2. The van der Waals surface area contributed by atoms with Gasteiger partial charge in [-0.3, -0.25) is 9.59 Å². The number of rotatable bonds is 8. The number of halogens is 1. The van der Waals surface area contributed by atoms with Crippen LogP contribution in [-0.2, 0) is 26.0 Å². The number of amides is 1. The zero-order chi connectivity index (χ0) is 25.9. The standard InChI is InChI=1S/C25H23ClN2O7S/c1-3-34-24(29)12-16-4-8-19(9-5-16)27-25(30)17-6-10-21-20(13-17)28(15-35-21)36(31,32)23-14-18(26)7-11-22(23)33-2/h4-11,13-14H,3,12,15H2,1-2H3,(H,27,30). The molecule has 9 nitrogen and oxygen atoms in total.